The summed E-state index contributed by atoms with van der Waals surface area (Å²) in [4.78, 5) is 28.2. The van der Waals surface area contributed by atoms with E-state index in [9.17, 15) is 19.1 Å². The van der Waals surface area contributed by atoms with E-state index in [0.717, 1.165) is 0 Å². The van der Waals surface area contributed by atoms with Crippen molar-refractivity contribution in [2.45, 2.75) is 0 Å². The van der Waals surface area contributed by atoms with E-state index < -0.39 is 0 Å². The van der Waals surface area contributed by atoms with E-state index in [0.29, 0.717) is 37.4 Å². The molecule has 3 rings (SSSR count). The van der Waals surface area contributed by atoms with E-state index in [1.807, 2.05) is 4.90 Å². The number of hydrogen-bond acceptors (Lipinski definition) is 4. The monoisotopic (exact) mass is 357 g/mol. The molecule has 0 radical (unpaired) electrons. The molecule has 26 heavy (non-hydrogen) atoms. The van der Waals surface area contributed by atoms with Gasteiger partial charge in [0.25, 0.3) is 5.91 Å². The highest BCUT2D eigenvalue weighted by Crippen LogP contribution is 2.14. The van der Waals surface area contributed by atoms with E-state index in [4.69, 9.17) is 0 Å². The van der Waals surface area contributed by atoms with Gasteiger partial charge in [0.2, 0.25) is 5.91 Å². The zero-order chi connectivity index (χ0) is 18.5. The van der Waals surface area contributed by atoms with Gasteiger partial charge >= 0.3 is 0 Å². The van der Waals surface area contributed by atoms with E-state index in [-0.39, 0.29) is 29.9 Å². The Kier molecular flexibility index (Phi) is 5.48. The molecule has 2 amide bonds. The van der Waals surface area contributed by atoms with Crippen LogP contribution >= 0.6 is 0 Å². The minimum Gasteiger partial charge on any atom is -0.508 e. The van der Waals surface area contributed by atoms with Gasteiger partial charge in [-0.3, -0.25) is 14.5 Å². The van der Waals surface area contributed by atoms with Gasteiger partial charge in [0.1, 0.15) is 11.6 Å². The quantitative estimate of drug-likeness (QED) is 0.877. The third-order valence-corrected chi connectivity index (χ3v) is 4.25. The van der Waals surface area contributed by atoms with Gasteiger partial charge in [-0.1, -0.05) is 6.07 Å². The van der Waals surface area contributed by atoms with Crippen LogP contribution in [0.1, 0.15) is 10.4 Å². The highest BCUT2D eigenvalue weighted by atomic mass is 19.1. The molecule has 0 bridgehead atoms. The molecule has 1 aliphatic heterocycles. The lowest BCUT2D eigenvalue weighted by molar-refractivity contribution is -0.117. The van der Waals surface area contributed by atoms with Crippen LogP contribution in [0.2, 0.25) is 0 Å². The highest BCUT2D eigenvalue weighted by Gasteiger charge is 2.23. The second-order valence-corrected chi connectivity index (χ2v) is 6.17. The Morgan fingerprint density at radius 3 is 2.38 bits per heavy atom. The summed E-state index contributed by atoms with van der Waals surface area (Å²) in [5.74, 6) is -0.594. The third-order valence-electron chi connectivity index (χ3n) is 4.25. The van der Waals surface area contributed by atoms with Crippen LogP contribution < -0.4 is 5.32 Å². The molecule has 0 atom stereocenters. The molecule has 0 unspecified atom stereocenters. The molecule has 0 aliphatic carbocycles. The summed E-state index contributed by atoms with van der Waals surface area (Å²) in [5.41, 5.74) is 1.00. The molecule has 1 aliphatic rings. The second-order valence-electron chi connectivity index (χ2n) is 6.17. The lowest BCUT2D eigenvalue weighted by atomic mass is 10.1. The molecule has 2 N–H and O–H groups in total. The van der Waals surface area contributed by atoms with Gasteiger partial charge in [0, 0.05) is 37.4 Å². The molecule has 1 fully saturated rings. The Morgan fingerprint density at radius 1 is 1.04 bits per heavy atom. The van der Waals surface area contributed by atoms with Crippen molar-refractivity contribution in [1.82, 2.24) is 9.80 Å². The standard InChI is InChI=1S/C19H20FN3O3/c20-15-4-6-16(7-5-15)21-18(25)13-22-8-10-23(11-9-22)19(26)14-2-1-3-17(24)12-14/h1-7,12,24H,8-11,13H2,(H,21,25). The van der Waals surface area contributed by atoms with Crippen molar-refractivity contribution in [2.24, 2.45) is 0 Å². The number of carbonyl (C=O) groups is 2. The van der Waals surface area contributed by atoms with Crippen LogP contribution in [0.4, 0.5) is 10.1 Å². The molecule has 136 valence electrons. The number of phenolic OH excluding ortho intramolecular Hbond substituents is 1. The number of hydrogen-bond donors (Lipinski definition) is 2. The molecule has 7 heteroatoms. The van der Waals surface area contributed by atoms with Gasteiger partial charge in [-0.05, 0) is 42.5 Å². The maximum atomic E-state index is 12.9. The second kappa shape index (κ2) is 7.97. The van der Waals surface area contributed by atoms with Crippen LogP contribution in [0.25, 0.3) is 0 Å². The Bertz CT molecular complexity index is 787. The predicted molar refractivity (Wildman–Crippen MR) is 95.5 cm³/mol. The van der Waals surface area contributed by atoms with Gasteiger partial charge in [-0.15, -0.1) is 0 Å². The number of benzene rings is 2. The van der Waals surface area contributed by atoms with Gasteiger partial charge in [0.15, 0.2) is 0 Å². The molecule has 1 saturated heterocycles. The number of nitrogens with one attached hydrogen (secondary N) is 1. The number of nitrogens with zero attached hydrogens (tertiary/aromatic N) is 2. The number of rotatable bonds is 4. The molecule has 1 heterocycles. The fraction of sp³-hybridized carbons (Fsp3) is 0.263. The van der Waals surface area contributed by atoms with Crippen molar-refractivity contribution >= 4 is 17.5 Å². The van der Waals surface area contributed by atoms with Crippen molar-refractivity contribution in [1.29, 1.82) is 0 Å². The van der Waals surface area contributed by atoms with Gasteiger partial charge < -0.3 is 15.3 Å². The zero-order valence-electron chi connectivity index (χ0n) is 14.2. The SMILES string of the molecule is O=C(CN1CCN(C(=O)c2cccc(O)c2)CC1)Nc1ccc(F)cc1. The first-order chi connectivity index (χ1) is 12.5. The number of halogens is 1. The van der Waals surface area contributed by atoms with Gasteiger partial charge in [0.05, 0.1) is 6.54 Å². The van der Waals surface area contributed by atoms with Crippen LogP contribution in [0.15, 0.2) is 48.5 Å². The predicted octanol–water partition coefficient (Wildman–Crippen LogP) is 1.93. The fourth-order valence-electron chi connectivity index (χ4n) is 2.87. The summed E-state index contributed by atoms with van der Waals surface area (Å²) < 4.78 is 12.9. The fourth-order valence-corrected chi connectivity index (χ4v) is 2.87. The molecule has 0 aromatic heterocycles. The van der Waals surface area contributed by atoms with Crippen molar-refractivity contribution in [3.63, 3.8) is 0 Å². The summed E-state index contributed by atoms with van der Waals surface area (Å²) in [5, 5.41) is 12.2. The molecule has 2 aromatic carbocycles. The van der Waals surface area contributed by atoms with E-state index in [2.05, 4.69) is 5.32 Å². The summed E-state index contributed by atoms with van der Waals surface area (Å²) in [6.07, 6.45) is 0. The number of amides is 2. The average molecular weight is 357 g/mol. The highest BCUT2D eigenvalue weighted by molar-refractivity contribution is 5.95. The number of aromatic hydroxyl groups is 1. The number of anilines is 1. The average Bonchev–Trinajstić information content (AvgIpc) is 2.64. The Hall–Kier alpha value is -2.93. The number of phenols is 1. The maximum Gasteiger partial charge on any atom is 0.254 e. The van der Waals surface area contributed by atoms with Crippen LogP contribution in [-0.4, -0.2) is 59.4 Å². The first-order valence-corrected chi connectivity index (χ1v) is 8.37. The van der Waals surface area contributed by atoms with E-state index in [1.54, 1.807) is 17.0 Å². The molecular weight excluding hydrogens is 337 g/mol. The normalized spacial score (nSPS) is 14.9. The zero-order valence-corrected chi connectivity index (χ0v) is 14.2. The maximum absolute atomic E-state index is 12.9. The van der Waals surface area contributed by atoms with Crippen LogP contribution in [0.3, 0.4) is 0 Å². The van der Waals surface area contributed by atoms with Crippen LogP contribution in [-0.2, 0) is 4.79 Å². The first-order valence-electron chi connectivity index (χ1n) is 8.37. The lowest BCUT2D eigenvalue weighted by Crippen LogP contribution is -2.50. The van der Waals surface area contributed by atoms with Crippen molar-refractivity contribution in [3.8, 4) is 5.75 Å². The van der Waals surface area contributed by atoms with Gasteiger partial charge in [-0.2, -0.15) is 0 Å². The summed E-state index contributed by atoms with van der Waals surface area (Å²) in [7, 11) is 0. The molecule has 0 saturated carbocycles. The number of carbonyl (C=O) groups excluding carboxylic acids is 2. The van der Waals surface area contributed by atoms with Crippen molar-refractivity contribution in [2.75, 3.05) is 38.0 Å². The molecular formula is C19H20FN3O3. The van der Waals surface area contributed by atoms with Crippen molar-refractivity contribution in [3.05, 3.63) is 59.9 Å². The summed E-state index contributed by atoms with van der Waals surface area (Å²) in [6.45, 7) is 2.41. The lowest BCUT2D eigenvalue weighted by Gasteiger charge is -2.34. The largest absolute Gasteiger partial charge is 0.508 e. The molecule has 2 aromatic rings. The Morgan fingerprint density at radius 2 is 1.73 bits per heavy atom. The first kappa shape index (κ1) is 17.9. The minimum atomic E-state index is -0.351. The van der Waals surface area contributed by atoms with E-state index in [1.165, 1.54) is 36.4 Å². The third kappa shape index (κ3) is 4.58. The van der Waals surface area contributed by atoms with Crippen molar-refractivity contribution < 1.29 is 19.1 Å². The van der Waals surface area contributed by atoms with E-state index >= 15 is 0 Å². The van der Waals surface area contributed by atoms with Crippen LogP contribution in [0, 0.1) is 5.82 Å². The molecule has 6 nitrogen and oxygen atoms in total. The Balaban J connectivity index is 1.48. The van der Waals surface area contributed by atoms with Gasteiger partial charge in [-0.25, -0.2) is 4.39 Å². The minimum absolute atomic E-state index is 0.0620. The summed E-state index contributed by atoms with van der Waals surface area (Å²) in [6, 6.07) is 11.9. The topological polar surface area (TPSA) is 72.9 Å². The Labute approximate surface area is 150 Å². The van der Waals surface area contributed by atoms with Crippen LogP contribution in [0.5, 0.6) is 5.75 Å². The molecule has 0 spiro atoms. The smallest absolute Gasteiger partial charge is 0.254 e. The number of piperazine rings is 1. The summed E-state index contributed by atoms with van der Waals surface area (Å²) >= 11 is 0.